The molecule has 1 atom stereocenters. The van der Waals surface area contributed by atoms with Crippen LogP contribution in [-0.2, 0) is 19.1 Å². The Bertz CT molecular complexity index is 596. The second-order valence-corrected chi connectivity index (χ2v) is 7.74. The molecule has 0 saturated carbocycles. The van der Waals surface area contributed by atoms with Gasteiger partial charge in [-0.15, -0.1) is 0 Å². The number of carboxylic acid groups (broad SMARTS) is 1. The van der Waals surface area contributed by atoms with E-state index in [1.165, 1.54) is 0 Å². The Labute approximate surface area is 186 Å². The first-order chi connectivity index (χ1) is 14.9. The van der Waals surface area contributed by atoms with E-state index < -0.39 is 29.8 Å². The standard InChI is InChI=1S/C18H35N5O9/c1-18(2,3)32-17(27)21-13(14(24)25)9-8-10-20-15(19)22-16(26)30-11-6-4-5-7-12-31-23(28)29/h13,28-29H,4-12H2,1-3H3,(H,21,27)(H,24,25)(H3,19,20,22,26). The number of nitrogens with zero attached hydrogens (tertiary/aromatic N) is 1. The molecule has 0 radical (unpaired) electrons. The lowest BCUT2D eigenvalue weighted by Gasteiger charge is -2.22. The van der Waals surface area contributed by atoms with Crippen LogP contribution in [0.5, 0.6) is 0 Å². The number of nitrogens with one attached hydrogen (secondary N) is 4. The van der Waals surface area contributed by atoms with Crippen LogP contribution >= 0.6 is 0 Å². The number of carbonyl (C=O) groups is 3. The number of carbonyl (C=O) groups excluding carboxylic acids is 2. The maximum absolute atomic E-state index is 11.7. The lowest BCUT2D eigenvalue weighted by molar-refractivity contribution is -0.492. The highest BCUT2D eigenvalue weighted by molar-refractivity contribution is 5.91. The molecule has 0 aliphatic rings. The van der Waals surface area contributed by atoms with Gasteiger partial charge in [0.05, 0.1) is 18.6 Å². The maximum atomic E-state index is 11.7. The number of aliphatic carboxylic acids is 1. The lowest BCUT2D eigenvalue weighted by atomic mass is 10.1. The third kappa shape index (κ3) is 18.1. The Morgan fingerprint density at radius 2 is 1.62 bits per heavy atom. The first-order valence-electron chi connectivity index (χ1n) is 10.2. The molecule has 0 aromatic heterocycles. The summed E-state index contributed by atoms with van der Waals surface area (Å²) < 4.78 is 9.96. The van der Waals surface area contributed by atoms with Crippen molar-refractivity contribution in [2.24, 2.45) is 0 Å². The molecule has 186 valence electrons. The summed E-state index contributed by atoms with van der Waals surface area (Å²) in [6.45, 7) is 5.50. The number of rotatable bonds is 14. The number of alkyl carbamates (subject to hydrolysis) is 2. The minimum atomic E-state index is -1.20. The van der Waals surface area contributed by atoms with Crippen LogP contribution in [0.4, 0.5) is 9.59 Å². The van der Waals surface area contributed by atoms with E-state index in [4.69, 9.17) is 25.3 Å². The van der Waals surface area contributed by atoms with Crippen LogP contribution in [0.1, 0.15) is 59.3 Å². The van der Waals surface area contributed by atoms with Gasteiger partial charge in [0.2, 0.25) is 0 Å². The van der Waals surface area contributed by atoms with Gasteiger partial charge < -0.3 is 25.2 Å². The largest absolute Gasteiger partial charge is 0.480 e. The molecule has 0 aliphatic carbocycles. The average Bonchev–Trinajstić information content (AvgIpc) is 2.64. The van der Waals surface area contributed by atoms with Crippen molar-refractivity contribution in [3.05, 3.63) is 0 Å². The number of guanidine groups is 1. The Kier molecular flexibility index (Phi) is 14.7. The van der Waals surface area contributed by atoms with Gasteiger partial charge in [0, 0.05) is 6.54 Å². The summed E-state index contributed by atoms with van der Waals surface area (Å²) in [6, 6.07) is -1.14. The molecule has 0 aromatic carbocycles. The molecule has 0 aliphatic heterocycles. The predicted octanol–water partition coefficient (Wildman–Crippen LogP) is 1.57. The smallest absolute Gasteiger partial charge is 0.413 e. The zero-order valence-electron chi connectivity index (χ0n) is 18.7. The summed E-state index contributed by atoms with van der Waals surface area (Å²) >= 11 is 0. The Balaban J connectivity index is 3.90. The molecule has 0 fully saturated rings. The van der Waals surface area contributed by atoms with E-state index in [2.05, 4.69) is 20.8 Å². The van der Waals surface area contributed by atoms with Gasteiger partial charge in [0.1, 0.15) is 11.6 Å². The topological polar surface area (TPSA) is 203 Å². The van der Waals surface area contributed by atoms with Crippen molar-refractivity contribution in [2.75, 3.05) is 19.8 Å². The van der Waals surface area contributed by atoms with Crippen molar-refractivity contribution < 1.29 is 44.2 Å². The van der Waals surface area contributed by atoms with Crippen LogP contribution in [-0.4, -0.2) is 76.4 Å². The Hall–Kier alpha value is -2.68. The minimum Gasteiger partial charge on any atom is -0.480 e. The molecule has 0 aromatic rings. The SMILES string of the molecule is CC(C)(C)OC(=O)NC(CCCNC(=N)NC(=O)OCCCCCCON(O)O)C(=O)O. The number of unbranched alkanes of at least 4 members (excludes halogenated alkanes) is 3. The monoisotopic (exact) mass is 465 g/mol. The molecule has 0 saturated heterocycles. The zero-order valence-corrected chi connectivity index (χ0v) is 18.7. The number of hydrogen-bond donors (Lipinski definition) is 7. The second-order valence-electron chi connectivity index (χ2n) is 7.74. The van der Waals surface area contributed by atoms with Crippen molar-refractivity contribution in [1.29, 1.82) is 5.41 Å². The van der Waals surface area contributed by atoms with Crippen LogP contribution < -0.4 is 16.0 Å². The molecule has 32 heavy (non-hydrogen) atoms. The quantitative estimate of drug-likeness (QED) is 0.0848. The van der Waals surface area contributed by atoms with Crippen LogP contribution in [0.2, 0.25) is 0 Å². The van der Waals surface area contributed by atoms with Crippen molar-refractivity contribution >= 4 is 24.1 Å². The first kappa shape index (κ1) is 29.3. The van der Waals surface area contributed by atoms with E-state index in [0.29, 0.717) is 19.3 Å². The fourth-order valence-corrected chi connectivity index (χ4v) is 2.28. The van der Waals surface area contributed by atoms with E-state index in [-0.39, 0.29) is 37.5 Å². The molecule has 0 spiro atoms. The molecule has 14 heteroatoms. The van der Waals surface area contributed by atoms with Gasteiger partial charge in [-0.25, -0.2) is 14.4 Å². The summed E-state index contributed by atoms with van der Waals surface area (Å²) in [5.41, 5.74) is -0.748. The molecule has 7 N–H and O–H groups in total. The average molecular weight is 466 g/mol. The minimum absolute atomic E-state index is 0.0962. The molecular weight excluding hydrogens is 430 g/mol. The number of carboxylic acids is 1. The van der Waals surface area contributed by atoms with Gasteiger partial charge in [-0.2, -0.15) is 0 Å². The molecule has 1 unspecified atom stereocenters. The van der Waals surface area contributed by atoms with E-state index in [1.54, 1.807) is 20.8 Å². The van der Waals surface area contributed by atoms with Crippen LogP contribution in [0, 0.1) is 5.41 Å². The van der Waals surface area contributed by atoms with Crippen molar-refractivity contribution in [3.8, 4) is 0 Å². The number of ether oxygens (including phenoxy) is 2. The van der Waals surface area contributed by atoms with Crippen molar-refractivity contribution in [3.63, 3.8) is 0 Å². The van der Waals surface area contributed by atoms with E-state index >= 15 is 0 Å². The molecule has 0 heterocycles. The Morgan fingerprint density at radius 1 is 1.00 bits per heavy atom. The van der Waals surface area contributed by atoms with Crippen LogP contribution in [0.3, 0.4) is 0 Å². The Morgan fingerprint density at radius 3 is 2.19 bits per heavy atom. The van der Waals surface area contributed by atoms with Gasteiger partial charge in [-0.1, -0.05) is 6.42 Å². The van der Waals surface area contributed by atoms with Crippen molar-refractivity contribution in [2.45, 2.75) is 70.9 Å². The number of hydrogen-bond acceptors (Lipinski definition) is 10. The summed E-state index contributed by atoms with van der Waals surface area (Å²) in [6.07, 6.45) is 1.47. The zero-order chi connectivity index (χ0) is 24.6. The summed E-state index contributed by atoms with van der Waals surface area (Å²) in [5.74, 6) is -1.50. The maximum Gasteiger partial charge on any atom is 0.413 e. The fraction of sp³-hybridized carbons (Fsp3) is 0.778. The summed E-state index contributed by atoms with van der Waals surface area (Å²) in [4.78, 5) is 39.0. The van der Waals surface area contributed by atoms with E-state index in [1.807, 2.05) is 0 Å². The second kappa shape index (κ2) is 16.0. The normalized spacial score (nSPS) is 12.1. The predicted molar refractivity (Wildman–Crippen MR) is 110 cm³/mol. The van der Waals surface area contributed by atoms with Gasteiger partial charge in [-0.3, -0.25) is 26.0 Å². The van der Waals surface area contributed by atoms with E-state index in [0.717, 1.165) is 12.8 Å². The van der Waals surface area contributed by atoms with Gasteiger partial charge in [-0.05, 0) is 52.9 Å². The summed E-state index contributed by atoms with van der Waals surface area (Å²) in [5, 5.41) is 40.3. The van der Waals surface area contributed by atoms with E-state index in [9.17, 15) is 19.5 Å². The molecule has 14 nitrogen and oxygen atoms in total. The highest BCUT2D eigenvalue weighted by atomic mass is 17.1. The van der Waals surface area contributed by atoms with Crippen LogP contribution in [0.15, 0.2) is 0 Å². The first-order valence-corrected chi connectivity index (χ1v) is 10.2. The molecular formula is C18H35N5O9. The summed E-state index contributed by atoms with van der Waals surface area (Å²) in [7, 11) is 0. The third-order valence-corrected chi connectivity index (χ3v) is 3.67. The lowest BCUT2D eigenvalue weighted by Crippen LogP contribution is -2.44. The van der Waals surface area contributed by atoms with Crippen LogP contribution in [0.25, 0.3) is 0 Å². The highest BCUT2D eigenvalue weighted by Crippen LogP contribution is 2.07. The molecule has 2 amide bonds. The highest BCUT2D eigenvalue weighted by Gasteiger charge is 2.23. The van der Waals surface area contributed by atoms with Gasteiger partial charge in [0.25, 0.3) is 0 Å². The number of amides is 2. The van der Waals surface area contributed by atoms with Gasteiger partial charge >= 0.3 is 18.2 Å². The molecule has 0 bridgehead atoms. The van der Waals surface area contributed by atoms with Gasteiger partial charge in [0.15, 0.2) is 5.96 Å². The fourth-order valence-electron chi connectivity index (χ4n) is 2.28. The van der Waals surface area contributed by atoms with Crippen molar-refractivity contribution in [1.82, 2.24) is 21.3 Å². The third-order valence-electron chi connectivity index (χ3n) is 3.67. The molecule has 0 rings (SSSR count).